The Balaban J connectivity index is 1.91. The summed E-state index contributed by atoms with van der Waals surface area (Å²) in [5.74, 6) is 1.40. The zero-order chi connectivity index (χ0) is 14.8. The number of fused-ring (bicyclic) bond motifs is 1. The van der Waals surface area contributed by atoms with Gasteiger partial charge in [-0.25, -0.2) is 5.10 Å². The Morgan fingerprint density at radius 3 is 2.81 bits per heavy atom. The molecule has 0 unspecified atom stereocenters. The fourth-order valence-corrected chi connectivity index (χ4v) is 3.22. The van der Waals surface area contributed by atoms with Crippen LogP contribution in [0.2, 0.25) is 0 Å². The van der Waals surface area contributed by atoms with Gasteiger partial charge in [0, 0.05) is 17.5 Å². The lowest BCUT2D eigenvalue weighted by Gasteiger charge is -2.21. The molecule has 1 aromatic carbocycles. The third-order valence-electron chi connectivity index (χ3n) is 4.34. The first kappa shape index (κ1) is 14.1. The van der Waals surface area contributed by atoms with Crippen LogP contribution in [0, 0.1) is 5.92 Å². The molecule has 3 atom stereocenters. The molecule has 112 valence electrons. The van der Waals surface area contributed by atoms with E-state index in [-0.39, 0.29) is 11.6 Å². The number of H-pyrrole nitrogens is 1. The molecular formula is C16H22N4O. The van der Waals surface area contributed by atoms with Crippen LogP contribution in [0.4, 0.5) is 5.82 Å². The number of hydrogen-bond acceptors (Lipinski definition) is 4. The molecule has 2 aromatic rings. The molecule has 21 heavy (non-hydrogen) atoms. The first-order valence-electron chi connectivity index (χ1n) is 7.63. The number of aromatic nitrogens is 2. The summed E-state index contributed by atoms with van der Waals surface area (Å²) in [6.45, 7) is 2.27. The normalized spacial score (nSPS) is 26.5. The van der Waals surface area contributed by atoms with Crippen LogP contribution < -0.4 is 16.6 Å². The molecule has 1 saturated carbocycles. The molecule has 0 spiro atoms. The van der Waals surface area contributed by atoms with Crippen molar-refractivity contribution in [1.29, 1.82) is 0 Å². The lowest BCUT2D eigenvalue weighted by Crippen LogP contribution is -2.29. The van der Waals surface area contributed by atoms with Gasteiger partial charge in [-0.05, 0) is 37.7 Å². The van der Waals surface area contributed by atoms with Crippen molar-refractivity contribution in [3.8, 4) is 0 Å². The summed E-state index contributed by atoms with van der Waals surface area (Å²) in [5, 5.41) is 11.8. The predicted molar refractivity (Wildman–Crippen MR) is 85.4 cm³/mol. The van der Waals surface area contributed by atoms with Gasteiger partial charge in [0.1, 0.15) is 0 Å². The van der Waals surface area contributed by atoms with Crippen LogP contribution >= 0.6 is 0 Å². The quantitative estimate of drug-likeness (QED) is 0.739. The van der Waals surface area contributed by atoms with Crippen LogP contribution in [-0.2, 0) is 0 Å². The Morgan fingerprint density at radius 1 is 1.24 bits per heavy atom. The maximum atomic E-state index is 11.8. The average molecular weight is 286 g/mol. The zero-order valence-electron chi connectivity index (χ0n) is 12.3. The predicted octanol–water partition coefficient (Wildman–Crippen LogP) is 2.24. The standard InChI is InChI=1S/C16H22N4O/c1-10-6-7-11(17)9-12(8-10)18-15-13-4-2-3-5-14(13)16(21)20-19-15/h2-5,10-12H,6-9,17H2,1H3,(H,18,19)(H,20,21)/t10-,11+,12-/m0/s1. The van der Waals surface area contributed by atoms with E-state index < -0.39 is 0 Å². The van der Waals surface area contributed by atoms with Crippen LogP contribution in [0.25, 0.3) is 10.8 Å². The van der Waals surface area contributed by atoms with Gasteiger partial charge in [0.25, 0.3) is 5.56 Å². The first-order chi connectivity index (χ1) is 10.1. The van der Waals surface area contributed by atoms with Crippen molar-refractivity contribution in [2.24, 2.45) is 11.7 Å². The van der Waals surface area contributed by atoms with Gasteiger partial charge < -0.3 is 11.1 Å². The monoisotopic (exact) mass is 286 g/mol. The fraction of sp³-hybridized carbons (Fsp3) is 0.500. The third kappa shape index (κ3) is 3.08. The van der Waals surface area contributed by atoms with Gasteiger partial charge in [0.15, 0.2) is 5.82 Å². The summed E-state index contributed by atoms with van der Waals surface area (Å²) in [4.78, 5) is 11.8. The molecule has 1 aliphatic rings. The molecule has 3 rings (SSSR count). The molecule has 1 aromatic heterocycles. The molecule has 0 radical (unpaired) electrons. The van der Waals surface area contributed by atoms with Gasteiger partial charge in [-0.15, -0.1) is 0 Å². The summed E-state index contributed by atoms with van der Waals surface area (Å²) in [7, 11) is 0. The molecule has 0 aliphatic heterocycles. The second kappa shape index (κ2) is 5.85. The Morgan fingerprint density at radius 2 is 2.00 bits per heavy atom. The van der Waals surface area contributed by atoms with Crippen molar-refractivity contribution in [3.05, 3.63) is 34.6 Å². The summed E-state index contributed by atoms with van der Waals surface area (Å²) in [5.41, 5.74) is 6.01. The zero-order valence-corrected chi connectivity index (χ0v) is 12.3. The van der Waals surface area contributed by atoms with Crippen molar-refractivity contribution >= 4 is 16.6 Å². The van der Waals surface area contributed by atoms with Gasteiger partial charge in [-0.2, -0.15) is 5.10 Å². The van der Waals surface area contributed by atoms with Gasteiger partial charge in [0.2, 0.25) is 0 Å². The molecule has 4 N–H and O–H groups in total. The molecule has 1 fully saturated rings. The molecule has 5 nitrogen and oxygen atoms in total. The van der Waals surface area contributed by atoms with E-state index in [2.05, 4.69) is 22.4 Å². The maximum Gasteiger partial charge on any atom is 0.272 e. The smallest absolute Gasteiger partial charge is 0.272 e. The highest BCUT2D eigenvalue weighted by Crippen LogP contribution is 2.26. The average Bonchev–Trinajstić information content (AvgIpc) is 2.63. The Kier molecular flexibility index (Phi) is 3.92. The second-order valence-corrected chi connectivity index (χ2v) is 6.20. The van der Waals surface area contributed by atoms with Crippen LogP contribution in [-0.4, -0.2) is 22.3 Å². The second-order valence-electron chi connectivity index (χ2n) is 6.20. The minimum Gasteiger partial charge on any atom is -0.365 e. The van der Waals surface area contributed by atoms with Crippen LogP contribution in [0.5, 0.6) is 0 Å². The van der Waals surface area contributed by atoms with Crippen LogP contribution in [0.3, 0.4) is 0 Å². The van der Waals surface area contributed by atoms with E-state index in [1.807, 2.05) is 24.3 Å². The highest BCUT2D eigenvalue weighted by Gasteiger charge is 2.22. The summed E-state index contributed by atoms with van der Waals surface area (Å²) in [6, 6.07) is 8.09. The van der Waals surface area contributed by atoms with Crippen molar-refractivity contribution < 1.29 is 0 Å². The Labute approximate surface area is 123 Å². The summed E-state index contributed by atoms with van der Waals surface area (Å²) >= 11 is 0. The Bertz CT molecular complexity index is 669. The highest BCUT2D eigenvalue weighted by atomic mass is 16.1. The SMILES string of the molecule is C[C@H]1CC[C@@H](N)C[C@@H](Nc2n[nH]c(=O)c3ccccc23)C1. The first-order valence-corrected chi connectivity index (χ1v) is 7.63. The Hall–Kier alpha value is -1.88. The molecular weight excluding hydrogens is 264 g/mol. The number of aromatic amines is 1. The van der Waals surface area contributed by atoms with Gasteiger partial charge in [-0.1, -0.05) is 25.1 Å². The van der Waals surface area contributed by atoms with Crippen molar-refractivity contribution in [2.75, 3.05) is 5.32 Å². The molecule has 0 amide bonds. The molecule has 1 aliphatic carbocycles. The molecule has 1 heterocycles. The van der Waals surface area contributed by atoms with E-state index in [0.717, 1.165) is 30.5 Å². The number of anilines is 1. The largest absolute Gasteiger partial charge is 0.365 e. The van der Waals surface area contributed by atoms with Crippen LogP contribution in [0.15, 0.2) is 29.1 Å². The number of nitrogens with one attached hydrogen (secondary N) is 2. The van der Waals surface area contributed by atoms with E-state index in [4.69, 9.17) is 5.73 Å². The van der Waals surface area contributed by atoms with Crippen LogP contribution in [0.1, 0.15) is 32.6 Å². The lowest BCUT2D eigenvalue weighted by molar-refractivity contribution is 0.482. The van der Waals surface area contributed by atoms with Crippen molar-refractivity contribution in [3.63, 3.8) is 0 Å². The van der Waals surface area contributed by atoms with E-state index >= 15 is 0 Å². The fourth-order valence-electron chi connectivity index (χ4n) is 3.22. The number of rotatable bonds is 2. The molecule has 5 heteroatoms. The minimum atomic E-state index is -0.151. The number of benzene rings is 1. The third-order valence-corrected chi connectivity index (χ3v) is 4.34. The number of nitrogens with zero attached hydrogens (tertiary/aromatic N) is 1. The molecule has 0 saturated heterocycles. The number of hydrogen-bond donors (Lipinski definition) is 3. The topological polar surface area (TPSA) is 83.8 Å². The summed E-state index contributed by atoms with van der Waals surface area (Å²) < 4.78 is 0. The van der Waals surface area contributed by atoms with E-state index in [9.17, 15) is 4.79 Å². The lowest BCUT2D eigenvalue weighted by atomic mass is 10.0. The van der Waals surface area contributed by atoms with E-state index in [1.54, 1.807) is 0 Å². The maximum absolute atomic E-state index is 11.8. The van der Waals surface area contributed by atoms with Crippen molar-refractivity contribution in [2.45, 2.75) is 44.7 Å². The molecule has 0 bridgehead atoms. The van der Waals surface area contributed by atoms with E-state index in [0.29, 0.717) is 17.3 Å². The van der Waals surface area contributed by atoms with Gasteiger partial charge in [0.05, 0.1) is 5.39 Å². The van der Waals surface area contributed by atoms with Gasteiger partial charge in [-0.3, -0.25) is 4.79 Å². The van der Waals surface area contributed by atoms with E-state index in [1.165, 1.54) is 6.42 Å². The minimum absolute atomic E-state index is 0.151. The van der Waals surface area contributed by atoms with Gasteiger partial charge >= 0.3 is 0 Å². The van der Waals surface area contributed by atoms with Crippen molar-refractivity contribution in [1.82, 2.24) is 10.2 Å². The summed E-state index contributed by atoms with van der Waals surface area (Å²) in [6.07, 6.45) is 4.29. The number of nitrogens with two attached hydrogens (primary N) is 1. The highest BCUT2D eigenvalue weighted by molar-refractivity contribution is 5.90.